The van der Waals surface area contributed by atoms with Crippen molar-refractivity contribution in [2.24, 2.45) is 4.40 Å². The summed E-state index contributed by atoms with van der Waals surface area (Å²) in [6, 6.07) is 11.2. The number of halogens is 1. The first-order valence-electron chi connectivity index (χ1n) is 8.38. The van der Waals surface area contributed by atoms with E-state index in [0.29, 0.717) is 10.6 Å². The van der Waals surface area contributed by atoms with Crippen molar-refractivity contribution in [1.29, 1.82) is 0 Å². The molecule has 0 saturated carbocycles. The van der Waals surface area contributed by atoms with E-state index in [-0.39, 0.29) is 27.2 Å². The highest BCUT2D eigenvalue weighted by molar-refractivity contribution is 8.19. The van der Waals surface area contributed by atoms with Gasteiger partial charge in [0.25, 0.3) is 21.6 Å². The van der Waals surface area contributed by atoms with Crippen molar-refractivity contribution in [3.8, 4) is 0 Å². The van der Waals surface area contributed by atoms with Crippen LogP contribution in [0.3, 0.4) is 0 Å². The Hall–Kier alpha value is -2.95. The molecule has 0 atom stereocenters. The number of sulfonamides is 1. The Morgan fingerprint density at radius 2 is 1.80 bits per heavy atom. The number of amidine groups is 1. The molecule has 30 heavy (non-hydrogen) atoms. The van der Waals surface area contributed by atoms with Crippen molar-refractivity contribution >= 4 is 56.2 Å². The van der Waals surface area contributed by atoms with E-state index in [2.05, 4.69) is 11.0 Å². The first-order valence-corrected chi connectivity index (χ1v) is 11.0. The second kappa shape index (κ2) is 8.82. The van der Waals surface area contributed by atoms with E-state index in [1.165, 1.54) is 65.6 Å². The summed E-state index contributed by atoms with van der Waals surface area (Å²) >= 11 is 6.69. The van der Waals surface area contributed by atoms with Gasteiger partial charge in [-0.1, -0.05) is 17.7 Å². The van der Waals surface area contributed by atoms with Crippen LogP contribution in [0.2, 0.25) is 5.02 Å². The molecule has 0 radical (unpaired) electrons. The first kappa shape index (κ1) is 21.8. The fraction of sp³-hybridized carbons (Fsp3) is 0.0526. The number of rotatable bonds is 6. The molecule has 0 N–H and O–H groups in total. The molecule has 2 aromatic carbocycles. The molecule has 0 aromatic heterocycles. The van der Waals surface area contributed by atoms with Crippen molar-refractivity contribution < 1.29 is 18.1 Å². The maximum Gasteiger partial charge on any atom is 0.284 e. The zero-order valence-corrected chi connectivity index (χ0v) is 17.7. The van der Waals surface area contributed by atoms with Gasteiger partial charge in [-0.3, -0.25) is 19.8 Å². The van der Waals surface area contributed by atoms with Gasteiger partial charge in [-0.15, -0.1) is 11.0 Å². The smallest absolute Gasteiger partial charge is 0.282 e. The number of hydrogen-bond acceptors (Lipinski definition) is 6. The highest BCUT2D eigenvalue weighted by Gasteiger charge is 2.34. The van der Waals surface area contributed by atoms with E-state index < -0.39 is 20.9 Å². The lowest BCUT2D eigenvalue weighted by atomic mass is 10.2. The summed E-state index contributed by atoms with van der Waals surface area (Å²) in [4.78, 5) is 24.4. The third kappa shape index (κ3) is 4.78. The van der Waals surface area contributed by atoms with E-state index in [1.807, 2.05) is 0 Å². The minimum atomic E-state index is -4.07. The quantitative estimate of drug-likeness (QED) is 0.276. The molecule has 0 aliphatic carbocycles. The maximum atomic E-state index is 12.7. The van der Waals surface area contributed by atoms with Crippen LogP contribution in [0.5, 0.6) is 0 Å². The minimum Gasteiger partial charge on any atom is -0.282 e. The van der Waals surface area contributed by atoms with Crippen LogP contribution in [0, 0.1) is 10.1 Å². The van der Waals surface area contributed by atoms with Gasteiger partial charge in [0.2, 0.25) is 0 Å². The van der Waals surface area contributed by atoms with Crippen molar-refractivity contribution in [3.05, 3.63) is 86.8 Å². The topological polar surface area (TPSA) is 110 Å². The van der Waals surface area contributed by atoms with Gasteiger partial charge in [0.05, 0.1) is 14.7 Å². The zero-order chi connectivity index (χ0) is 21.9. The average molecular weight is 464 g/mol. The third-order valence-corrected chi connectivity index (χ3v) is 6.57. The van der Waals surface area contributed by atoms with E-state index in [1.54, 1.807) is 0 Å². The van der Waals surface area contributed by atoms with Gasteiger partial charge in [0.15, 0.2) is 5.17 Å². The van der Waals surface area contributed by atoms with Gasteiger partial charge in [-0.2, -0.15) is 8.42 Å². The molecular formula is C19H14ClN3O5S2. The van der Waals surface area contributed by atoms with Crippen LogP contribution < -0.4 is 0 Å². The predicted octanol–water partition coefficient (Wildman–Crippen LogP) is 4.10. The largest absolute Gasteiger partial charge is 0.284 e. The summed E-state index contributed by atoms with van der Waals surface area (Å²) in [5, 5.41) is 11.1. The van der Waals surface area contributed by atoms with Crippen molar-refractivity contribution in [1.82, 2.24) is 4.90 Å². The number of nitrogens with zero attached hydrogens (tertiary/aromatic N) is 3. The normalized spacial score (nSPS) is 17.0. The van der Waals surface area contributed by atoms with E-state index in [0.717, 1.165) is 11.8 Å². The van der Waals surface area contributed by atoms with Crippen LogP contribution in [-0.2, 0) is 14.8 Å². The number of amides is 1. The lowest BCUT2D eigenvalue weighted by Gasteiger charge is -2.12. The number of hydrogen-bond donors (Lipinski definition) is 0. The summed E-state index contributed by atoms with van der Waals surface area (Å²) < 4.78 is 29.1. The molecule has 0 unspecified atom stereocenters. The number of carbonyl (C=O) groups excluding carboxylic acids is 1. The fourth-order valence-electron chi connectivity index (χ4n) is 2.47. The summed E-state index contributed by atoms with van der Waals surface area (Å²) in [6.45, 7) is 3.65. The number of thioether (sulfide) groups is 1. The first-order chi connectivity index (χ1) is 14.2. The van der Waals surface area contributed by atoms with E-state index >= 15 is 0 Å². The molecule has 3 rings (SSSR count). The Morgan fingerprint density at radius 3 is 2.37 bits per heavy atom. The molecule has 8 nitrogen and oxygen atoms in total. The Morgan fingerprint density at radius 1 is 1.17 bits per heavy atom. The van der Waals surface area contributed by atoms with Crippen LogP contribution in [-0.4, -0.2) is 35.9 Å². The number of benzene rings is 2. The van der Waals surface area contributed by atoms with Gasteiger partial charge in [-0.05, 0) is 59.8 Å². The van der Waals surface area contributed by atoms with Crippen molar-refractivity contribution in [2.45, 2.75) is 4.90 Å². The standard InChI is InChI=1S/C19H14ClN3O5S2/c1-2-11-22-18(24)17(12-13-3-7-15(8-4-13)23(25)26)29-19(22)21-30(27,28)16-9-5-14(20)6-10-16/h2-10,12H,1,11H2. The Bertz CT molecular complexity index is 1170. The summed E-state index contributed by atoms with van der Waals surface area (Å²) in [6.07, 6.45) is 2.97. The predicted molar refractivity (Wildman–Crippen MR) is 117 cm³/mol. The second-order valence-electron chi connectivity index (χ2n) is 5.97. The average Bonchev–Trinajstić information content (AvgIpc) is 2.97. The number of nitro groups is 1. The van der Waals surface area contributed by atoms with Crippen molar-refractivity contribution in [3.63, 3.8) is 0 Å². The van der Waals surface area contributed by atoms with Gasteiger partial charge in [-0.25, -0.2) is 0 Å². The molecule has 1 fully saturated rings. The summed E-state index contributed by atoms with van der Waals surface area (Å²) in [5.41, 5.74) is 0.476. The van der Waals surface area contributed by atoms with Crippen LogP contribution in [0.25, 0.3) is 6.08 Å². The van der Waals surface area contributed by atoms with Crippen LogP contribution in [0.1, 0.15) is 5.56 Å². The lowest BCUT2D eigenvalue weighted by molar-refractivity contribution is -0.384. The van der Waals surface area contributed by atoms with Crippen molar-refractivity contribution in [2.75, 3.05) is 6.54 Å². The van der Waals surface area contributed by atoms with Gasteiger partial charge in [0, 0.05) is 23.7 Å². The van der Waals surface area contributed by atoms with Crippen LogP contribution in [0.4, 0.5) is 5.69 Å². The number of carbonyl (C=O) groups is 1. The lowest BCUT2D eigenvalue weighted by Crippen LogP contribution is -2.29. The minimum absolute atomic E-state index is 0.0111. The molecule has 0 spiro atoms. The highest BCUT2D eigenvalue weighted by Crippen LogP contribution is 2.34. The summed E-state index contributed by atoms with van der Waals surface area (Å²) in [5.74, 6) is -0.441. The number of non-ortho nitro benzene ring substituents is 1. The molecule has 11 heteroatoms. The Kier molecular flexibility index (Phi) is 6.40. The molecule has 1 amide bonds. The van der Waals surface area contributed by atoms with Crippen LogP contribution in [0.15, 0.2) is 75.4 Å². The molecule has 154 valence electrons. The Labute approximate surface area is 181 Å². The van der Waals surface area contributed by atoms with E-state index in [4.69, 9.17) is 11.6 Å². The zero-order valence-electron chi connectivity index (χ0n) is 15.3. The molecular weight excluding hydrogens is 450 g/mol. The van der Waals surface area contributed by atoms with E-state index in [9.17, 15) is 23.3 Å². The molecule has 1 heterocycles. The monoisotopic (exact) mass is 463 g/mol. The molecule has 1 saturated heterocycles. The molecule has 0 bridgehead atoms. The maximum absolute atomic E-state index is 12.7. The summed E-state index contributed by atoms with van der Waals surface area (Å²) in [7, 11) is -4.07. The van der Waals surface area contributed by atoms with Gasteiger partial charge < -0.3 is 0 Å². The number of nitro benzene ring substituents is 1. The van der Waals surface area contributed by atoms with Gasteiger partial charge in [0.1, 0.15) is 0 Å². The molecule has 1 aliphatic heterocycles. The molecule has 2 aromatic rings. The third-order valence-electron chi connectivity index (χ3n) is 3.91. The van der Waals surface area contributed by atoms with Gasteiger partial charge >= 0.3 is 0 Å². The highest BCUT2D eigenvalue weighted by atomic mass is 35.5. The second-order valence-corrected chi connectivity index (χ2v) is 9.02. The Balaban J connectivity index is 1.96. The molecule has 1 aliphatic rings. The van der Waals surface area contributed by atoms with Crippen LogP contribution >= 0.6 is 23.4 Å². The fourth-order valence-corrected chi connectivity index (χ4v) is 4.79. The SMILES string of the molecule is C=CCN1C(=O)C(=Cc2ccc([N+](=O)[O-])cc2)SC1=NS(=O)(=O)c1ccc(Cl)cc1.